The number of nitrogens with one attached hydrogen (secondary N) is 2. The Morgan fingerprint density at radius 3 is 2.94 bits per heavy atom. The van der Waals surface area contributed by atoms with Gasteiger partial charge in [0.25, 0.3) is 5.56 Å². The van der Waals surface area contributed by atoms with Gasteiger partial charge in [-0.3, -0.25) is 10.1 Å². The van der Waals surface area contributed by atoms with Crippen molar-refractivity contribution in [3.05, 3.63) is 26.6 Å². The zero-order valence-electron chi connectivity index (χ0n) is 10.7. The van der Waals surface area contributed by atoms with Crippen LogP contribution in [0.2, 0.25) is 0 Å². The molecule has 0 fully saturated rings. The number of nitrogens with zero attached hydrogens (tertiary/aromatic N) is 1. The molecule has 0 spiro atoms. The molecule has 0 saturated carbocycles. The van der Waals surface area contributed by atoms with Crippen LogP contribution in [0.4, 0.5) is 0 Å². The van der Waals surface area contributed by atoms with Gasteiger partial charge >= 0.3 is 0 Å². The van der Waals surface area contributed by atoms with Crippen LogP contribution in [0.5, 0.6) is 0 Å². The highest BCUT2D eigenvalue weighted by Gasteiger charge is 2.11. The van der Waals surface area contributed by atoms with Crippen LogP contribution in [0, 0.1) is 25.7 Å². The molecule has 94 valence electrons. The first kappa shape index (κ1) is 12.8. The Hall–Kier alpha value is -1.64. The van der Waals surface area contributed by atoms with E-state index in [1.54, 1.807) is 18.3 Å². The molecule has 0 aliphatic carbocycles. The van der Waals surface area contributed by atoms with Gasteiger partial charge in [-0.15, -0.1) is 17.3 Å². The Balaban J connectivity index is 2.31. The predicted octanol–water partition coefficient (Wildman–Crippen LogP) is 1.71. The molecule has 0 aliphatic rings. The SMILES string of the molecule is CC#CCNCc1nc2sc(C)c(C)c2c(=O)[nH]1. The molecule has 0 aliphatic heterocycles. The lowest BCUT2D eigenvalue weighted by atomic mass is 10.2. The summed E-state index contributed by atoms with van der Waals surface area (Å²) in [4.78, 5) is 21.2. The summed E-state index contributed by atoms with van der Waals surface area (Å²) in [6.45, 7) is 6.89. The van der Waals surface area contributed by atoms with Crippen molar-refractivity contribution in [2.45, 2.75) is 27.3 Å². The third-order valence-electron chi connectivity index (χ3n) is 2.77. The molecule has 0 unspecified atom stereocenters. The molecule has 5 heteroatoms. The number of H-pyrrole nitrogens is 1. The van der Waals surface area contributed by atoms with E-state index in [2.05, 4.69) is 27.1 Å². The van der Waals surface area contributed by atoms with Crippen LogP contribution >= 0.6 is 11.3 Å². The first-order valence-corrected chi connectivity index (χ1v) is 6.54. The van der Waals surface area contributed by atoms with Gasteiger partial charge in [-0.1, -0.05) is 5.92 Å². The zero-order valence-corrected chi connectivity index (χ0v) is 11.5. The number of aromatic amines is 1. The van der Waals surface area contributed by atoms with Crippen molar-refractivity contribution in [3.8, 4) is 11.8 Å². The fourth-order valence-electron chi connectivity index (χ4n) is 1.71. The van der Waals surface area contributed by atoms with Crippen molar-refractivity contribution in [2.75, 3.05) is 6.54 Å². The van der Waals surface area contributed by atoms with Gasteiger partial charge in [-0.05, 0) is 26.3 Å². The number of thiophene rings is 1. The third-order valence-corrected chi connectivity index (χ3v) is 3.87. The number of rotatable bonds is 3. The van der Waals surface area contributed by atoms with Crippen molar-refractivity contribution in [1.82, 2.24) is 15.3 Å². The van der Waals surface area contributed by atoms with E-state index in [0.717, 1.165) is 20.7 Å². The van der Waals surface area contributed by atoms with Crippen LogP contribution in [0.15, 0.2) is 4.79 Å². The highest BCUT2D eigenvalue weighted by molar-refractivity contribution is 7.18. The minimum Gasteiger partial charge on any atom is -0.309 e. The smallest absolute Gasteiger partial charge is 0.259 e. The molecule has 2 rings (SSSR count). The second-order valence-corrected chi connectivity index (χ2v) is 5.21. The van der Waals surface area contributed by atoms with Crippen LogP contribution in [0.25, 0.3) is 10.2 Å². The Kier molecular flexibility index (Phi) is 3.80. The molecule has 0 aromatic carbocycles. The molecule has 0 atom stereocenters. The van der Waals surface area contributed by atoms with E-state index in [-0.39, 0.29) is 5.56 Å². The number of hydrogen-bond donors (Lipinski definition) is 2. The molecule has 18 heavy (non-hydrogen) atoms. The molecule has 4 nitrogen and oxygen atoms in total. The maximum absolute atomic E-state index is 12.0. The topological polar surface area (TPSA) is 57.8 Å². The fourth-order valence-corrected chi connectivity index (χ4v) is 2.76. The van der Waals surface area contributed by atoms with Crippen LogP contribution in [-0.4, -0.2) is 16.5 Å². The predicted molar refractivity (Wildman–Crippen MR) is 74.9 cm³/mol. The molecule has 0 saturated heterocycles. The van der Waals surface area contributed by atoms with Gasteiger partial charge in [0.05, 0.1) is 18.5 Å². The van der Waals surface area contributed by atoms with E-state index < -0.39 is 0 Å². The summed E-state index contributed by atoms with van der Waals surface area (Å²) in [7, 11) is 0. The molecule has 2 aromatic heterocycles. The van der Waals surface area contributed by atoms with Crippen LogP contribution < -0.4 is 10.9 Å². The Labute approximate surface area is 109 Å². The van der Waals surface area contributed by atoms with Crippen molar-refractivity contribution < 1.29 is 0 Å². The Bertz CT molecular complexity index is 688. The minimum atomic E-state index is -0.0553. The van der Waals surface area contributed by atoms with Crippen molar-refractivity contribution in [2.24, 2.45) is 0 Å². The molecule has 2 heterocycles. The van der Waals surface area contributed by atoms with Gasteiger partial charge in [-0.2, -0.15) is 0 Å². The zero-order chi connectivity index (χ0) is 13.1. The first-order valence-electron chi connectivity index (χ1n) is 5.72. The van der Waals surface area contributed by atoms with Crippen LogP contribution in [-0.2, 0) is 6.54 Å². The van der Waals surface area contributed by atoms with Gasteiger partial charge in [0.1, 0.15) is 10.7 Å². The summed E-state index contributed by atoms with van der Waals surface area (Å²) in [5.41, 5.74) is 0.973. The summed E-state index contributed by atoms with van der Waals surface area (Å²) in [5, 5.41) is 3.83. The number of hydrogen-bond acceptors (Lipinski definition) is 4. The largest absolute Gasteiger partial charge is 0.309 e. The lowest BCUT2D eigenvalue weighted by molar-refractivity contribution is 0.725. The summed E-state index contributed by atoms with van der Waals surface area (Å²) in [5.74, 6) is 6.37. The molecule has 2 N–H and O–H groups in total. The molecule has 0 bridgehead atoms. The lowest BCUT2D eigenvalue weighted by Crippen LogP contribution is -2.19. The van der Waals surface area contributed by atoms with Crippen molar-refractivity contribution >= 4 is 21.6 Å². The van der Waals surface area contributed by atoms with E-state index in [1.807, 2.05) is 13.8 Å². The van der Waals surface area contributed by atoms with Crippen LogP contribution in [0.1, 0.15) is 23.2 Å². The average Bonchev–Trinajstić information content (AvgIpc) is 2.61. The fraction of sp³-hybridized carbons (Fsp3) is 0.385. The number of aryl methyl sites for hydroxylation is 2. The van der Waals surface area contributed by atoms with Crippen molar-refractivity contribution in [1.29, 1.82) is 0 Å². The molecular weight excluding hydrogens is 246 g/mol. The minimum absolute atomic E-state index is 0.0553. The van der Waals surface area contributed by atoms with Gasteiger partial charge in [0, 0.05) is 4.88 Å². The van der Waals surface area contributed by atoms with Gasteiger partial charge in [0.15, 0.2) is 0 Å². The van der Waals surface area contributed by atoms with Crippen molar-refractivity contribution in [3.63, 3.8) is 0 Å². The molecule has 0 radical (unpaired) electrons. The van der Waals surface area contributed by atoms with Crippen LogP contribution in [0.3, 0.4) is 0 Å². The van der Waals surface area contributed by atoms with E-state index >= 15 is 0 Å². The summed E-state index contributed by atoms with van der Waals surface area (Å²) in [6, 6.07) is 0. The molecule has 2 aromatic rings. The highest BCUT2D eigenvalue weighted by Crippen LogP contribution is 2.25. The number of fused-ring (bicyclic) bond motifs is 1. The molecule has 0 amide bonds. The second kappa shape index (κ2) is 5.34. The third kappa shape index (κ3) is 2.45. The summed E-state index contributed by atoms with van der Waals surface area (Å²) >= 11 is 1.56. The van der Waals surface area contributed by atoms with Gasteiger partial charge < -0.3 is 4.98 Å². The quantitative estimate of drug-likeness (QED) is 0.653. The Morgan fingerprint density at radius 2 is 2.22 bits per heavy atom. The van der Waals surface area contributed by atoms with E-state index in [0.29, 0.717) is 18.9 Å². The molecular formula is C13H15N3OS. The summed E-state index contributed by atoms with van der Waals surface area (Å²) < 4.78 is 0. The second-order valence-electron chi connectivity index (χ2n) is 4.01. The van der Waals surface area contributed by atoms with E-state index in [9.17, 15) is 4.79 Å². The van der Waals surface area contributed by atoms with Gasteiger partial charge in [-0.25, -0.2) is 4.98 Å². The maximum atomic E-state index is 12.0. The van der Waals surface area contributed by atoms with E-state index in [4.69, 9.17) is 0 Å². The monoisotopic (exact) mass is 261 g/mol. The number of aromatic nitrogens is 2. The summed E-state index contributed by atoms with van der Waals surface area (Å²) in [6.07, 6.45) is 0. The average molecular weight is 261 g/mol. The standard InChI is InChI=1S/C13H15N3OS/c1-4-5-6-14-7-10-15-12(17)11-8(2)9(3)18-13(11)16-10/h14H,6-7H2,1-3H3,(H,15,16,17). The lowest BCUT2D eigenvalue weighted by Gasteiger charge is -2.00. The maximum Gasteiger partial charge on any atom is 0.259 e. The van der Waals surface area contributed by atoms with Gasteiger partial charge in [0.2, 0.25) is 0 Å². The van der Waals surface area contributed by atoms with E-state index in [1.165, 1.54) is 0 Å². The normalized spacial score (nSPS) is 10.4. The first-order chi connectivity index (χ1) is 8.63. The Morgan fingerprint density at radius 1 is 1.44 bits per heavy atom. The highest BCUT2D eigenvalue weighted by atomic mass is 32.1.